The fourth-order valence-corrected chi connectivity index (χ4v) is 4.00. The van der Waals surface area contributed by atoms with Crippen LogP contribution in [0.1, 0.15) is 19.0 Å². The molecular weight excluding hydrogens is 454 g/mol. The van der Waals surface area contributed by atoms with Crippen LogP contribution < -0.4 is 9.46 Å². The monoisotopic (exact) mass is 470 g/mol. The third kappa shape index (κ3) is 4.44. The average Bonchev–Trinajstić information content (AvgIpc) is 3.19. The molecule has 0 aliphatic heterocycles. The van der Waals surface area contributed by atoms with E-state index < -0.39 is 26.6 Å². The molecule has 3 heterocycles. The van der Waals surface area contributed by atoms with Gasteiger partial charge in [0.2, 0.25) is 5.88 Å². The summed E-state index contributed by atoms with van der Waals surface area (Å²) in [6, 6.07) is 3.57. The molecule has 0 aliphatic rings. The van der Waals surface area contributed by atoms with Crippen LogP contribution in [0.4, 0.5) is 14.5 Å². The van der Waals surface area contributed by atoms with Gasteiger partial charge in [-0.2, -0.15) is 9.61 Å². The molecule has 0 atom stereocenters. The molecular formula is C21H16F2N6O3S. The molecule has 12 heteroatoms. The Morgan fingerprint density at radius 2 is 1.91 bits per heavy atom. The number of nitrogens with one attached hydrogen (secondary N) is 1. The lowest BCUT2D eigenvalue weighted by molar-refractivity contribution is 0.400. The minimum absolute atomic E-state index is 0.0592. The number of nitrogens with zero attached hydrogens (tertiary/aromatic N) is 5. The summed E-state index contributed by atoms with van der Waals surface area (Å²) < 4.78 is 61.5. The first-order valence-electron chi connectivity index (χ1n) is 9.54. The Morgan fingerprint density at radius 1 is 1.12 bits per heavy atom. The van der Waals surface area contributed by atoms with Gasteiger partial charge in [0, 0.05) is 24.2 Å². The number of benzene rings is 1. The predicted molar refractivity (Wildman–Crippen MR) is 115 cm³/mol. The third-order valence-electron chi connectivity index (χ3n) is 4.39. The van der Waals surface area contributed by atoms with E-state index in [0.717, 1.165) is 12.1 Å². The number of hydrogen-bond acceptors (Lipinski definition) is 7. The van der Waals surface area contributed by atoms with E-state index in [9.17, 15) is 17.2 Å². The molecule has 0 saturated heterocycles. The Bertz CT molecular complexity index is 1530. The molecule has 1 N–H and O–H groups in total. The second-order valence-electron chi connectivity index (χ2n) is 6.62. The van der Waals surface area contributed by atoms with Gasteiger partial charge in [-0.25, -0.2) is 32.2 Å². The molecule has 168 valence electrons. The molecule has 0 spiro atoms. The topological polar surface area (TPSA) is 111 Å². The summed E-state index contributed by atoms with van der Waals surface area (Å²) in [4.78, 5) is 11.8. The molecule has 4 rings (SSSR count). The van der Waals surface area contributed by atoms with Crippen LogP contribution in [0.5, 0.6) is 5.88 Å². The molecule has 3 aromatic heterocycles. The highest BCUT2D eigenvalue weighted by Gasteiger charge is 2.22. The summed E-state index contributed by atoms with van der Waals surface area (Å²) in [6.45, 7) is 1.91. The summed E-state index contributed by atoms with van der Waals surface area (Å²) in [5.41, 5.74) is 1.21. The second-order valence-corrected chi connectivity index (χ2v) is 8.27. The van der Waals surface area contributed by atoms with Crippen molar-refractivity contribution in [1.29, 1.82) is 0 Å². The number of imidazole rings is 1. The molecule has 0 bridgehead atoms. The molecule has 9 nitrogen and oxygen atoms in total. The van der Waals surface area contributed by atoms with Crippen LogP contribution in [0.25, 0.3) is 17.0 Å². The number of sulfonamides is 1. The van der Waals surface area contributed by atoms with Gasteiger partial charge < -0.3 is 4.74 Å². The Morgan fingerprint density at radius 3 is 2.64 bits per heavy atom. The van der Waals surface area contributed by atoms with Gasteiger partial charge in [0.15, 0.2) is 0 Å². The predicted octanol–water partition coefficient (Wildman–Crippen LogP) is 3.04. The maximum absolute atomic E-state index is 14.1. The Balaban J connectivity index is 1.76. The standard InChI is InChI=1S/C21H16F2N6O3S/c1-3-4-5-15-11-25-21-26-12-18(27-29(15)21)13-8-17(20(32-2)24-10-13)28-33(30,31)19-7-6-14(22)9-16(19)23/h6-12,28H,3H2,1-2H3. The summed E-state index contributed by atoms with van der Waals surface area (Å²) >= 11 is 0. The minimum atomic E-state index is -4.42. The van der Waals surface area contributed by atoms with Crippen molar-refractivity contribution in [3.05, 3.63) is 60.2 Å². The SMILES string of the molecule is CCC#Cc1cnc2ncc(-c3cnc(OC)c(NS(=O)(=O)c4ccc(F)cc4F)c3)nn12. The second kappa shape index (κ2) is 8.79. The van der Waals surface area contributed by atoms with Crippen molar-refractivity contribution in [2.75, 3.05) is 11.8 Å². The van der Waals surface area contributed by atoms with Crippen LogP contribution in [0.15, 0.2) is 47.8 Å². The van der Waals surface area contributed by atoms with Crippen molar-refractivity contribution >= 4 is 21.5 Å². The van der Waals surface area contributed by atoms with Crippen molar-refractivity contribution in [2.24, 2.45) is 0 Å². The molecule has 0 saturated carbocycles. The van der Waals surface area contributed by atoms with E-state index in [0.29, 0.717) is 35.2 Å². The maximum Gasteiger partial charge on any atom is 0.264 e. The maximum atomic E-state index is 14.1. The smallest absolute Gasteiger partial charge is 0.264 e. The van der Waals surface area contributed by atoms with E-state index in [2.05, 4.69) is 36.6 Å². The molecule has 4 aromatic rings. The van der Waals surface area contributed by atoms with Crippen molar-refractivity contribution in [3.8, 4) is 29.0 Å². The van der Waals surface area contributed by atoms with E-state index in [4.69, 9.17) is 4.74 Å². The molecule has 0 amide bonds. The summed E-state index contributed by atoms with van der Waals surface area (Å²) in [6.07, 6.45) is 5.06. The van der Waals surface area contributed by atoms with Gasteiger partial charge in [0.1, 0.15) is 33.6 Å². The zero-order valence-electron chi connectivity index (χ0n) is 17.4. The number of ether oxygens (including phenoxy) is 1. The Kier molecular flexibility index (Phi) is 5.89. The first-order chi connectivity index (χ1) is 15.8. The van der Waals surface area contributed by atoms with Crippen LogP contribution in [0.2, 0.25) is 0 Å². The molecule has 0 radical (unpaired) electrons. The van der Waals surface area contributed by atoms with Gasteiger partial charge in [-0.3, -0.25) is 4.72 Å². The van der Waals surface area contributed by atoms with Gasteiger partial charge in [-0.05, 0) is 24.1 Å². The number of fused-ring (bicyclic) bond motifs is 1. The molecule has 33 heavy (non-hydrogen) atoms. The lowest BCUT2D eigenvalue weighted by Gasteiger charge is -2.13. The number of hydrogen-bond donors (Lipinski definition) is 1. The van der Waals surface area contributed by atoms with Crippen molar-refractivity contribution in [2.45, 2.75) is 18.2 Å². The zero-order chi connectivity index (χ0) is 23.6. The summed E-state index contributed by atoms with van der Waals surface area (Å²) in [5.74, 6) is 4.03. The lowest BCUT2D eigenvalue weighted by atomic mass is 10.2. The van der Waals surface area contributed by atoms with Gasteiger partial charge >= 0.3 is 0 Å². The zero-order valence-corrected chi connectivity index (χ0v) is 18.2. The summed E-state index contributed by atoms with van der Waals surface area (Å²) in [7, 11) is -3.12. The normalized spacial score (nSPS) is 11.2. The Labute approximate surface area is 187 Å². The fourth-order valence-electron chi connectivity index (χ4n) is 2.89. The fraction of sp³-hybridized carbons (Fsp3) is 0.143. The van der Waals surface area contributed by atoms with E-state index in [1.165, 1.54) is 30.1 Å². The first kappa shape index (κ1) is 22.1. The van der Waals surface area contributed by atoms with Gasteiger partial charge in [0.05, 0.1) is 19.5 Å². The number of halogens is 2. The molecule has 0 unspecified atom stereocenters. The number of methoxy groups -OCH3 is 1. The van der Waals surface area contributed by atoms with E-state index in [-0.39, 0.29) is 11.6 Å². The van der Waals surface area contributed by atoms with Crippen LogP contribution in [0.3, 0.4) is 0 Å². The third-order valence-corrected chi connectivity index (χ3v) is 5.79. The molecule has 0 aliphatic carbocycles. The van der Waals surface area contributed by atoms with Crippen LogP contribution in [0, 0.1) is 23.5 Å². The van der Waals surface area contributed by atoms with Crippen molar-refractivity contribution in [1.82, 2.24) is 24.6 Å². The highest BCUT2D eigenvalue weighted by atomic mass is 32.2. The van der Waals surface area contributed by atoms with Gasteiger partial charge in [-0.1, -0.05) is 12.8 Å². The van der Waals surface area contributed by atoms with Crippen molar-refractivity contribution < 1.29 is 21.9 Å². The number of aromatic nitrogens is 5. The molecule has 0 fully saturated rings. The first-order valence-corrected chi connectivity index (χ1v) is 11.0. The van der Waals surface area contributed by atoms with Crippen LogP contribution in [-0.2, 0) is 10.0 Å². The minimum Gasteiger partial charge on any atom is -0.480 e. The van der Waals surface area contributed by atoms with Gasteiger partial charge in [0.25, 0.3) is 15.8 Å². The largest absolute Gasteiger partial charge is 0.480 e. The van der Waals surface area contributed by atoms with E-state index >= 15 is 0 Å². The number of rotatable bonds is 5. The summed E-state index contributed by atoms with van der Waals surface area (Å²) in [5, 5.41) is 4.46. The number of anilines is 1. The van der Waals surface area contributed by atoms with Crippen LogP contribution >= 0.6 is 0 Å². The number of pyridine rings is 1. The van der Waals surface area contributed by atoms with Crippen LogP contribution in [-0.4, -0.2) is 40.1 Å². The molecule has 1 aromatic carbocycles. The highest BCUT2D eigenvalue weighted by Crippen LogP contribution is 2.30. The van der Waals surface area contributed by atoms with E-state index in [1.807, 2.05) is 6.92 Å². The van der Waals surface area contributed by atoms with Gasteiger partial charge in [-0.15, -0.1) is 0 Å². The quantitative estimate of drug-likeness (QED) is 0.446. The lowest BCUT2D eigenvalue weighted by Crippen LogP contribution is -2.16. The Hall–Kier alpha value is -4.11. The average molecular weight is 470 g/mol. The van der Waals surface area contributed by atoms with Crippen molar-refractivity contribution in [3.63, 3.8) is 0 Å². The van der Waals surface area contributed by atoms with E-state index in [1.54, 1.807) is 6.20 Å². The highest BCUT2D eigenvalue weighted by molar-refractivity contribution is 7.92.